The van der Waals surface area contributed by atoms with Crippen LogP contribution in [0.3, 0.4) is 0 Å². The second-order valence-electron chi connectivity index (χ2n) is 3.21. The fourth-order valence-corrected chi connectivity index (χ4v) is 1.41. The van der Waals surface area contributed by atoms with E-state index in [1.807, 2.05) is 13.8 Å². The second kappa shape index (κ2) is 3.17. The largest absolute Gasteiger partial charge is 0.275 e. The molecule has 0 heterocycles. The number of aryl methyl sites for hydroxylation is 1. The number of nitrogens with zero attached hydrogens (tertiary/aromatic N) is 1. The molecule has 3 heteroatoms. The quantitative estimate of drug-likeness (QED) is 0.490. The van der Waals surface area contributed by atoms with Crippen LogP contribution in [0.15, 0.2) is 6.07 Å². The van der Waals surface area contributed by atoms with Crippen molar-refractivity contribution in [3.05, 3.63) is 45.4 Å². The highest BCUT2D eigenvalue weighted by Gasteiger charge is 2.17. The monoisotopic (exact) mass is 178 g/mol. The van der Waals surface area contributed by atoms with Gasteiger partial charge < -0.3 is 0 Å². The van der Waals surface area contributed by atoms with Gasteiger partial charge in [-0.25, -0.2) is 0 Å². The van der Waals surface area contributed by atoms with E-state index >= 15 is 0 Å². The summed E-state index contributed by atoms with van der Waals surface area (Å²) in [6, 6.07) is 1.75. The zero-order chi connectivity index (χ0) is 10.2. The maximum absolute atomic E-state index is 10.7. The van der Waals surface area contributed by atoms with Crippen molar-refractivity contribution in [3.8, 4) is 0 Å². The van der Waals surface area contributed by atoms with Crippen LogP contribution in [0.25, 0.3) is 0 Å². The SMILES string of the molecule is [CH2]c1cc(C)c(C)c(C)c1[N+](=O)[O-]. The van der Waals surface area contributed by atoms with Crippen molar-refractivity contribution in [2.75, 3.05) is 0 Å². The first-order valence-corrected chi connectivity index (χ1v) is 4.02. The number of hydrogen-bond acceptors (Lipinski definition) is 2. The van der Waals surface area contributed by atoms with E-state index in [1.54, 1.807) is 13.0 Å². The standard InChI is InChI=1S/C10H12NO2/c1-6-5-7(2)10(11(12)13)9(4)8(6)3/h5H,2H2,1,3-4H3. The molecule has 0 bridgehead atoms. The van der Waals surface area contributed by atoms with Crippen molar-refractivity contribution in [1.29, 1.82) is 0 Å². The molecule has 0 N–H and O–H groups in total. The third-order valence-electron chi connectivity index (χ3n) is 2.39. The van der Waals surface area contributed by atoms with Crippen molar-refractivity contribution in [2.24, 2.45) is 0 Å². The Labute approximate surface area is 77.5 Å². The number of benzene rings is 1. The molecule has 0 spiro atoms. The van der Waals surface area contributed by atoms with Crippen LogP contribution in [0.2, 0.25) is 0 Å². The lowest BCUT2D eigenvalue weighted by Crippen LogP contribution is -1.98. The zero-order valence-corrected chi connectivity index (χ0v) is 8.05. The third-order valence-corrected chi connectivity index (χ3v) is 2.39. The maximum Gasteiger partial charge on any atom is 0.275 e. The Morgan fingerprint density at radius 2 is 1.85 bits per heavy atom. The maximum atomic E-state index is 10.7. The Morgan fingerprint density at radius 1 is 1.31 bits per heavy atom. The van der Waals surface area contributed by atoms with Gasteiger partial charge >= 0.3 is 0 Å². The van der Waals surface area contributed by atoms with Crippen LogP contribution in [0.1, 0.15) is 22.3 Å². The number of nitro benzene ring substituents is 1. The Kier molecular flexibility index (Phi) is 2.36. The minimum absolute atomic E-state index is 0.142. The van der Waals surface area contributed by atoms with Crippen molar-refractivity contribution < 1.29 is 4.92 Å². The first-order valence-electron chi connectivity index (χ1n) is 4.02. The molecule has 3 nitrogen and oxygen atoms in total. The lowest BCUT2D eigenvalue weighted by atomic mass is 9.99. The molecular formula is C10H12NO2. The van der Waals surface area contributed by atoms with E-state index in [-0.39, 0.29) is 10.6 Å². The summed E-state index contributed by atoms with van der Waals surface area (Å²) < 4.78 is 0. The van der Waals surface area contributed by atoms with E-state index < -0.39 is 0 Å². The topological polar surface area (TPSA) is 43.1 Å². The number of rotatable bonds is 1. The first-order chi connectivity index (χ1) is 5.95. The molecule has 1 aromatic rings. The molecule has 0 aromatic heterocycles. The molecule has 13 heavy (non-hydrogen) atoms. The van der Waals surface area contributed by atoms with Gasteiger partial charge in [0.15, 0.2) is 0 Å². The number of hydrogen-bond donors (Lipinski definition) is 0. The molecule has 0 atom stereocenters. The van der Waals surface area contributed by atoms with Crippen LogP contribution in [-0.4, -0.2) is 4.92 Å². The molecular weight excluding hydrogens is 166 g/mol. The van der Waals surface area contributed by atoms with Crippen LogP contribution in [0, 0.1) is 37.8 Å². The first kappa shape index (κ1) is 9.71. The van der Waals surface area contributed by atoms with Gasteiger partial charge in [-0.2, -0.15) is 0 Å². The third kappa shape index (κ3) is 1.54. The lowest BCUT2D eigenvalue weighted by molar-refractivity contribution is -0.385. The average Bonchev–Trinajstić information content (AvgIpc) is 1.99. The summed E-state index contributed by atoms with van der Waals surface area (Å²) in [5.74, 6) is 0. The summed E-state index contributed by atoms with van der Waals surface area (Å²) in [7, 11) is 0. The molecule has 0 aliphatic heterocycles. The summed E-state index contributed by atoms with van der Waals surface area (Å²) >= 11 is 0. The molecule has 0 aliphatic rings. The molecule has 69 valence electrons. The van der Waals surface area contributed by atoms with Crippen LogP contribution in [0.4, 0.5) is 5.69 Å². The molecule has 1 radical (unpaired) electrons. The highest BCUT2D eigenvalue weighted by Crippen LogP contribution is 2.27. The van der Waals surface area contributed by atoms with E-state index in [4.69, 9.17) is 0 Å². The van der Waals surface area contributed by atoms with Gasteiger partial charge in [-0.15, -0.1) is 0 Å². The van der Waals surface area contributed by atoms with Crippen molar-refractivity contribution >= 4 is 5.69 Å². The molecule has 0 fully saturated rings. The highest BCUT2D eigenvalue weighted by molar-refractivity contribution is 5.55. The van der Waals surface area contributed by atoms with Crippen LogP contribution in [-0.2, 0) is 0 Å². The van der Waals surface area contributed by atoms with E-state index in [1.165, 1.54) is 0 Å². The molecule has 1 rings (SSSR count). The smallest absolute Gasteiger partial charge is 0.258 e. The van der Waals surface area contributed by atoms with E-state index in [0.29, 0.717) is 5.56 Å². The summed E-state index contributed by atoms with van der Waals surface area (Å²) in [4.78, 5) is 10.3. The van der Waals surface area contributed by atoms with E-state index in [0.717, 1.165) is 16.7 Å². The molecule has 0 amide bonds. The van der Waals surface area contributed by atoms with E-state index in [2.05, 4.69) is 6.92 Å². The lowest BCUT2D eigenvalue weighted by Gasteiger charge is -2.07. The fourth-order valence-electron chi connectivity index (χ4n) is 1.41. The van der Waals surface area contributed by atoms with Gasteiger partial charge in [0, 0.05) is 11.1 Å². The summed E-state index contributed by atoms with van der Waals surface area (Å²) in [5.41, 5.74) is 3.37. The van der Waals surface area contributed by atoms with Crippen LogP contribution < -0.4 is 0 Å². The average molecular weight is 178 g/mol. The van der Waals surface area contributed by atoms with Gasteiger partial charge in [0.25, 0.3) is 5.69 Å². The van der Waals surface area contributed by atoms with Gasteiger partial charge in [-0.1, -0.05) is 0 Å². The Morgan fingerprint density at radius 3 is 2.31 bits per heavy atom. The van der Waals surface area contributed by atoms with Crippen molar-refractivity contribution in [1.82, 2.24) is 0 Å². The normalized spacial score (nSPS) is 10.2. The fraction of sp³-hybridized carbons (Fsp3) is 0.300. The number of nitro groups is 1. The molecule has 0 saturated carbocycles. The Hall–Kier alpha value is -1.38. The zero-order valence-electron chi connectivity index (χ0n) is 8.05. The van der Waals surface area contributed by atoms with Gasteiger partial charge in [-0.05, 0) is 44.9 Å². The summed E-state index contributed by atoms with van der Waals surface area (Å²) in [6.07, 6.45) is 0. The van der Waals surface area contributed by atoms with Gasteiger partial charge in [-0.3, -0.25) is 10.1 Å². The van der Waals surface area contributed by atoms with Crippen LogP contribution in [0.5, 0.6) is 0 Å². The van der Waals surface area contributed by atoms with Gasteiger partial charge in [0.1, 0.15) is 0 Å². The van der Waals surface area contributed by atoms with Crippen LogP contribution >= 0.6 is 0 Å². The van der Waals surface area contributed by atoms with Gasteiger partial charge in [0.05, 0.1) is 4.92 Å². The molecule has 0 aliphatic carbocycles. The predicted molar refractivity (Wildman–Crippen MR) is 51.8 cm³/mol. The second-order valence-corrected chi connectivity index (χ2v) is 3.21. The Balaban J connectivity index is 3.53. The van der Waals surface area contributed by atoms with Crippen molar-refractivity contribution in [3.63, 3.8) is 0 Å². The van der Waals surface area contributed by atoms with Gasteiger partial charge in [0.2, 0.25) is 0 Å². The predicted octanol–water partition coefficient (Wildman–Crippen LogP) is 2.70. The van der Waals surface area contributed by atoms with E-state index in [9.17, 15) is 10.1 Å². The van der Waals surface area contributed by atoms with Crippen molar-refractivity contribution in [2.45, 2.75) is 20.8 Å². The minimum atomic E-state index is -0.371. The summed E-state index contributed by atoms with van der Waals surface area (Å²) in [5, 5.41) is 10.7. The minimum Gasteiger partial charge on any atom is -0.258 e. The highest BCUT2D eigenvalue weighted by atomic mass is 16.6. The summed E-state index contributed by atoms with van der Waals surface area (Å²) in [6.45, 7) is 9.24. The molecule has 1 aromatic carbocycles. The molecule has 0 saturated heterocycles. The molecule has 0 unspecified atom stereocenters. The Bertz CT molecular complexity index is 370.